The van der Waals surface area contributed by atoms with Crippen LogP contribution in [0.4, 0.5) is 0 Å². The average molecular weight is 699 g/mol. The fourth-order valence-electron chi connectivity index (χ4n) is 9.60. The lowest BCUT2D eigenvalue weighted by Crippen LogP contribution is -2.14. The van der Waals surface area contributed by atoms with Gasteiger partial charge < -0.3 is 0 Å². The highest BCUT2D eigenvalue weighted by molar-refractivity contribution is 6.24. The lowest BCUT2D eigenvalue weighted by molar-refractivity contribution is 0.660. The molecule has 258 valence electrons. The van der Waals surface area contributed by atoms with Gasteiger partial charge in [0.2, 0.25) is 0 Å². The van der Waals surface area contributed by atoms with Gasteiger partial charge in [0.25, 0.3) is 0 Å². The molecule has 0 nitrogen and oxygen atoms in total. The Morgan fingerprint density at radius 2 is 0.836 bits per heavy atom. The van der Waals surface area contributed by atoms with Crippen LogP contribution in [-0.4, -0.2) is 0 Å². The Balaban J connectivity index is 1.28. The molecule has 0 spiro atoms. The molecule has 0 aliphatic heterocycles. The second-order valence-corrected chi connectivity index (χ2v) is 15.6. The molecule has 0 unspecified atom stereocenters. The third-order valence-electron chi connectivity index (χ3n) is 12.2. The molecule has 1 aliphatic rings. The van der Waals surface area contributed by atoms with Gasteiger partial charge in [0.05, 0.1) is 0 Å². The minimum atomic E-state index is -0.0517. The molecule has 0 amide bonds. The zero-order chi connectivity index (χ0) is 36.7. The fraction of sp³-hybridized carbons (Fsp3) is 0.0545. The maximum Gasteiger partial charge on any atom is 0.0158 e. The van der Waals surface area contributed by atoms with Crippen LogP contribution in [-0.2, 0) is 5.41 Å². The fourth-order valence-corrected chi connectivity index (χ4v) is 9.60. The van der Waals surface area contributed by atoms with Crippen molar-refractivity contribution in [2.75, 3.05) is 0 Å². The van der Waals surface area contributed by atoms with E-state index in [2.05, 4.69) is 208 Å². The maximum absolute atomic E-state index is 2.47. The molecular weight excluding hydrogens is 661 g/mol. The summed E-state index contributed by atoms with van der Waals surface area (Å²) in [6.45, 7) is 4.72. The minimum absolute atomic E-state index is 0.0517. The van der Waals surface area contributed by atoms with E-state index in [-0.39, 0.29) is 5.41 Å². The van der Waals surface area contributed by atoms with Gasteiger partial charge in [0, 0.05) is 5.41 Å². The summed E-state index contributed by atoms with van der Waals surface area (Å²) in [5.74, 6) is 0. The first-order valence-corrected chi connectivity index (χ1v) is 19.3. The molecule has 10 aromatic rings. The largest absolute Gasteiger partial charge is 0.0622 e. The summed E-state index contributed by atoms with van der Waals surface area (Å²) in [4.78, 5) is 0. The van der Waals surface area contributed by atoms with Crippen molar-refractivity contribution in [2.24, 2.45) is 0 Å². The number of hydrogen-bond donors (Lipinski definition) is 0. The summed E-state index contributed by atoms with van der Waals surface area (Å²) in [7, 11) is 0. The van der Waals surface area contributed by atoms with Gasteiger partial charge >= 0.3 is 0 Å². The van der Waals surface area contributed by atoms with E-state index >= 15 is 0 Å². The number of hydrogen-bond acceptors (Lipinski definition) is 0. The summed E-state index contributed by atoms with van der Waals surface area (Å²) < 4.78 is 0. The van der Waals surface area contributed by atoms with Crippen LogP contribution >= 0.6 is 0 Å². The summed E-state index contributed by atoms with van der Waals surface area (Å²) in [5, 5.41) is 10.0. The molecule has 0 N–H and O–H groups in total. The molecule has 10 aromatic carbocycles. The quantitative estimate of drug-likeness (QED) is 0.161. The maximum atomic E-state index is 2.47. The zero-order valence-electron chi connectivity index (χ0n) is 31.0. The van der Waals surface area contributed by atoms with Crippen molar-refractivity contribution in [2.45, 2.75) is 19.3 Å². The van der Waals surface area contributed by atoms with Gasteiger partial charge in [-0.05, 0) is 134 Å². The lowest BCUT2D eigenvalue weighted by atomic mass is 9.80. The second kappa shape index (κ2) is 12.1. The Morgan fingerprint density at radius 3 is 1.64 bits per heavy atom. The molecule has 0 heteroatoms. The van der Waals surface area contributed by atoms with Crippen LogP contribution in [0.25, 0.3) is 98.7 Å². The molecule has 0 bridgehead atoms. The molecule has 11 rings (SSSR count). The highest BCUT2D eigenvalue weighted by atomic mass is 14.4. The van der Waals surface area contributed by atoms with Gasteiger partial charge in [0.15, 0.2) is 0 Å². The van der Waals surface area contributed by atoms with Crippen LogP contribution in [0.5, 0.6) is 0 Å². The summed E-state index contributed by atoms with van der Waals surface area (Å²) in [5.41, 5.74) is 15.4. The van der Waals surface area contributed by atoms with Crippen LogP contribution in [0.1, 0.15) is 25.0 Å². The van der Waals surface area contributed by atoms with E-state index in [1.54, 1.807) is 0 Å². The van der Waals surface area contributed by atoms with Crippen LogP contribution in [0.15, 0.2) is 194 Å². The summed E-state index contributed by atoms with van der Waals surface area (Å²) in [6.07, 6.45) is 0. The number of benzene rings is 10. The van der Waals surface area contributed by atoms with Crippen molar-refractivity contribution < 1.29 is 0 Å². The molecule has 0 saturated heterocycles. The van der Waals surface area contributed by atoms with Crippen molar-refractivity contribution in [1.82, 2.24) is 0 Å². The molecule has 0 fully saturated rings. The highest BCUT2D eigenvalue weighted by Crippen LogP contribution is 2.52. The van der Waals surface area contributed by atoms with Gasteiger partial charge in [0.1, 0.15) is 0 Å². The summed E-state index contributed by atoms with van der Waals surface area (Å²) in [6, 6.07) is 72.4. The standard InChI is InChI=1S/C55H38/c1-55(2)51-26-13-12-22-43(51)48-34-40(28-30-52(48)55)53-44-23-10-11-24-45(44)54(50-32-38-19-7-6-18-37(38)31-47(50)36-15-4-3-5-16-36)46-29-27-39(33-49(46)53)42-25-14-20-35-17-8-9-21-41(35)42/h3-34H,1-2H3. The van der Waals surface area contributed by atoms with Gasteiger partial charge in [-0.15, -0.1) is 0 Å². The Bertz CT molecular complexity index is 3160. The monoisotopic (exact) mass is 698 g/mol. The number of rotatable bonds is 4. The normalized spacial score (nSPS) is 13.1. The highest BCUT2D eigenvalue weighted by Gasteiger charge is 2.35. The average Bonchev–Trinajstić information content (AvgIpc) is 3.47. The Kier molecular flexibility index (Phi) is 7.00. The van der Waals surface area contributed by atoms with Crippen LogP contribution < -0.4 is 0 Å². The van der Waals surface area contributed by atoms with Gasteiger partial charge in [-0.2, -0.15) is 0 Å². The van der Waals surface area contributed by atoms with Crippen molar-refractivity contribution in [1.29, 1.82) is 0 Å². The predicted octanol–water partition coefficient (Wildman–Crippen LogP) is 15.3. The molecule has 55 heavy (non-hydrogen) atoms. The third kappa shape index (κ3) is 4.85. The Hall–Kier alpha value is -6.76. The van der Waals surface area contributed by atoms with E-state index < -0.39 is 0 Å². The van der Waals surface area contributed by atoms with Crippen molar-refractivity contribution >= 4 is 43.1 Å². The Morgan fingerprint density at radius 1 is 0.273 bits per heavy atom. The van der Waals surface area contributed by atoms with Gasteiger partial charge in [-0.3, -0.25) is 0 Å². The third-order valence-corrected chi connectivity index (χ3v) is 12.2. The van der Waals surface area contributed by atoms with Crippen molar-refractivity contribution in [3.05, 3.63) is 205 Å². The van der Waals surface area contributed by atoms with E-state index in [1.807, 2.05) is 0 Å². The number of fused-ring (bicyclic) bond motifs is 7. The second-order valence-electron chi connectivity index (χ2n) is 15.6. The SMILES string of the molecule is CC1(C)c2ccccc2-c2cc(-c3c4ccccc4c(-c4cc5ccccc5cc4-c4ccccc4)c4ccc(-c5cccc6ccccc56)cc34)ccc21. The van der Waals surface area contributed by atoms with E-state index in [1.165, 1.54) is 110 Å². The zero-order valence-corrected chi connectivity index (χ0v) is 31.0. The topological polar surface area (TPSA) is 0 Å². The smallest absolute Gasteiger partial charge is 0.0158 e. The first kappa shape index (κ1) is 31.7. The summed E-state index contributed by atoms with van der Waals surface area (Å²) >= 11 is 0. The predicted molar refractivity (Wildman–Crippen MR) is 236 cm³/mol. The van der Waals surface area contributed by atoms with E-state index in [0.29, 0.717) is 0 Å². The molecule has 0 aromatic heterocycles. The van der Waals surface area contributed by atoms with E-state index in [0.717, 1.165) is 0 Å². The molecule has 0 saturated carbocycles. The van der Waals surface area contributed by atoms with Gasteiger partial charge in [-0.25, -0.2) is 0 Å². The lowest BCUT2D eigenvalue weighted by Gasteiger charge is -2.23. The molecule has 0 atom stereocenters. The van der Waals surface area contributed by atoms with Crippen LogP contribution in [0.2, 0.25) is 0 Å². The molecule has 1 aliphatic carbocycles. The van der Waals surface area contributed by atoms with Crippen molar-refractivity contribution in [3.8, 4) is 55.6 Å². The Labute approximate surface area is 322 Å². The molecular formula is C55H38. The van der Waals surface area contributed by atoms with Gasteiger partial charge in [-0.1, -0.05) is 184 Å². The van der Waals surface area contributed by atoms with E-state index in [9.17, 15) is 0 Å². The van der Waals surface area contributed by atoms with Crippen LogP contribution in [0.3, 0.4) is 0 Å². The van der Waals surface area contributed by atoms with Crippen LogP contribution in [0, 0.1) is 0 Å². The first-order chi connectivity index (χ1) is 27.0. The van der Waals surface area contributed by atoms with Crippen molar-refractivity contribution in [3.63, 3.8) is 0 Å². The van der Waals surface area contributed by atoms with E-state index in [4.69, 9.17) is 0 Å². The molecule has 0 heterocycles. The first-order valence-electron chi connectivity index (χ1n) is 19.3. The minimum Gasteiger partial charge on any atom is -0.0622 e. The molecule has 0 radical (unpaired) electrons.